The predicted molar refractivity (Wildman–Crippen MR) is 109 cm³/mol. The summed E-state index contributed by atoms with van der Waals surface area (Å²) in [7, 11) is -3.45. The zero-order valence-corrected chi connectivity index (χ0v) is 17.3. The largest absolute Gasteiger partial charge is 0.480 e. The van der Waals surface area contributed by atoms with Crippen molar-refractivity contribution in [2.45, 2.75) is 44.6 Å². The standard InChI is InChI=1S/C21H26N2O4S/c1-15-7-6-8-16(2)20(15)27-17(3)21(24)22-18-9-11-19(12-10-18)28(25,26)23-13-4-5-14-23/h6-12,17H,4-5,13-14H2,1-3H3,(H,22,24)/t17-/m1/s1. The highest BCUT2D eigenvalue weighted by molar-refractivity contribution is 7.89. The Hall–Kier alpha value is -2.38. The van der Waals surface area contributed by atoms with E-state index in [0.717, 1.165) is 24.0 Å². The van der Waals surface area contributed by atoms with Gasteiger partial charge in [0.25, 0.3) is 5.91 Å². The molecule has 6 nitrogen and oxygen atoms in total. The van der Waals surface area contributed by atoms with E-state index in [4.69, 9.17) is 4.74 Å². The lowest BCUT2D eigenvalue weighted by Crippen LogP contribution is -2.30. The minimum atomic E-state index is -3.45. The van der Waals surface area contributed by atoms with E-state index in [1.807, 2.05) is 32.0 Å². The van der Waals surface area contributed by atoms with Crippen molar-refractivity contribution in [2.75, 3.05) is 18.4 Å². The van der Waals surface area contributed by atoms with Crippen LogP contribution in [0.25, 0.3) is 0 Å². The first-order valence-corrected chi connectivity index (χ1v) is 10.9. The van der Waals surface area contributed by atoms with Crippen LogP contribution in [-0.2, 0) is 14.8 Å². The van der Waals surface area contributed by atoms with Gasteiger partial charge in [-0.2, -0.15) is 4.31 Å². The van der Waals surface area contributed by atoms with Crippen LogP contribution >= 0.6 is 0 Å². The van der Waals surface area contributed by atoms with Gasteiger partial charge in [-0.15, -0.1) is 0 Å². The molecule has 3 rings (SSSR count). The molecule has 0 spiro atoms. The van der Waals surface area contributed by atoms with E-state index in [2.05, 4.69) is 5.32 Å². The summed E-state index contributed by atoms with van der Waals surface area (Å²) in [5.41, 5.74) is 2.47. The second kappa shape index (κ2) is 8.32. The summed E-state index contributed by atoms with van der Waals surface area (Å²) in [5, 5.41) is 2.78. The van der Waals surface area contributed by atoms with Crippen LogP contribution in [-0.4, -0.2) is 37.8 Å². The van der Waals surface area contributed by atoms with Crippen LogP contribution in [0.3, 0.4) is 0 Å². The summed E-state index contributed by atoms with van der Waals surface area (Å²) < 4.78 is 32.5. The molecule has 0 unspecified atom stereocenters. The van der Waals surface area contributed by atoms with Crippen molar-refractivity contribution in [3.05, 3.63) is 53.6 Å². The Bertz CT molecular complexity index is 929. The molecule has 1 saturated heterocycles. The second-order valence-electron chi connectivity index (χ2n) is 7.11. The van der Waals surface area contributed by atoms with Gasteiger partial charge in [0.05, 0.1) is 4.90 Å². The van der Waals surface area contributed by atoms with Gasteiger partial charge in [0.1, 0.15) is 5.75 Å². The average Bonchev–Trinajstić information content (AvgIpc) is 3.21. The quantitative estimate of drug-likeness (QED) is 0.802. The number of nitrogens with zero attached hydrogens (tertiary/aromatic N) is 1. The first kappa shape index (κ1) is 20.4. The zero-order chi connectivity index (χ0) is 20.3. The highest BCUT2D eigenvalue weighted by Crippen LogP contribution is 2.25. The van der Waals surface area contributed by atoms with E-state index < -0.39 is 16.1 Å². The van der Waals surface area contributed by atoms with E-state index in [1.165, 1.54) is 16.4 Å². The molecule has 0 saturated carbocycles. The van der Waals surface area contributed by atoms with Gasteiger partial charge in [0.2, 0.25) is 10.0 Å². The number of carbonyl (C=O) groups is 1. The molecule has 0 aliphatic carbocycles. The minimum Gasteiger partial charge on any atom is -0.480 e. The molecule has 0 aromatic heterocycles. The average molecular weight is 403 g/mol. The molecular weight excluding hydrogens is 376 g/mol. The molecule has 7 heteroatoms. The van der Waals surface area contributed by atoms with Gasteiger partial charge in [-0.1, -0.05) is 18.2 Å². The van der Waals surface area contributed by atoms with E-state index in [0.29, 0.717) is 24.5 Å². The maximum atomic E-state index is 12.6. The summed E-state index contributed by atoms with van der Waals surface area (Å²) in [4.78, 5) is 12.7. The molecule has 0 bridgehead atoms. The lowest BCUT2D eigenvalue weighted by atomic mass is 10.1. The Kier molecular flexibility index (Phi) is 6.05. The van der Waals surface area contributed by atoms with Crippen molar-refractivity contribution in [2.24, 2.45) is 0 Å². The number of hydrogen-bond donors (Lipinski definition) is 1. The molecule has 2 aromatic rings. The number of hydrogen-bond acceptors (Lipinski definition) is 4. The summed E-state index contributed by atoms with van der Waals surface area (Å²) in [6.07, 6.45) is 1.10. The number of sulfonamides is 1. The third-order valence-corrected chi connectivity index (χ3v) is 6.81. The Balaban J connectivity index is 1.65. The molecular formula is C21H26N2O4S. The van der Waals surface area contributed by atoms with Crippen LogP contribution in [0.15, 0.2) is 47.4 Å². The van der Waals surface area contributed by atoms with E-state index in [9.17, 15) is 13.2 Å². The van der Waals surface area contributed by atoms with Crippen LogP contribution in [0.2, 0.25) is 0 Å². The molecule has 2 aromatic carbocycles. The van der Waals surface area contributed by atoms with Gasteiger partial charge in [-0.05, 0) is 69.0 Å². The van der Waals surface area contributed by atoms with Crippen molar-refractivity contribution in [1.82, 2.24) is 4.31 Å². The number of carbonyl (C=O) groups excluding carboxylic acids is 1. The molecule has 1 fully saturated rings. The van der Waals surface area contributed by atoms with Gasteiger partial charge in [0.15, 0.2) is 6.10 Å². The maximum absolute atomic E-state index is 12.6. The fourth-order valence-corrected chi connectivity index (χ4v) is 4.76. The van der Waals surface area contributed by atoms with E-state index >= 15 is 0 Å². The van der Waals surface area contributed by atoms with Gasteiger partial charge in [-0.25, -0.2) is 8.42 Å². The third kappa shape index (κ3) is 4.36. The van der Waals surface area contributed by atoms with Crippen molar-refractivity contribution >= 4 is 21.6 Å². The van der Waals surface area contributed by atoms with Crippen LogP contribution in [0.5, 0.6) is 5.75 Å². The maximum Gasteiger partial charge on any atom is 0.265 e. The number of rotatable bonds is 6. The topological polar surface area (TPSA) is 75.7 Å². The van der Waals surface area contributed by atoms with E-state index in [1.54, 1.807) is 19.1 Å². The summed E-state index contributed by atoms with van der Waals surface area (Å²) >= 11 is 0. The first-order valence-electron chi connectivity index (χ1n) is 9.43. The molecule has 1 heterocycles. The van der Waals surface area contributed by atoms with Crippen LogP contribution < -0.4 is 10.1 Å². The van der Waals surface area contributed by atoms with Crippen LogP contribution in [0.1, 0.15) is 30.9 Å². The minimum absolute atomic E-state index is 0.243. The van der Waals surface area contributed by atoms with Gasteiger partial charge in [-0.3, -0.25) is 4.79 Å². The molecule has 1 aliphatic heterocycles. The highest BCUT2D eigenvalue weighted by Gasteiger charge is 2.27. The molecule has 1 amide bonds. The number of para-hydroxylation sites is 1. The number of anilines is 1. The van der Waals surface area contributed by atoms with Gasteiger partial charge < -0.3 is 10.1 Å². The Morgan fingerprint density at radius 1 is 1.04 bits per heavy atom. The third-order valence-electron chi connectivity index (χ3n) is 4.90. The van der Waals surface area contributed by atoms with Crippen molar-refractivity contribution in [3.63, 3.8) is 0 Å². The monoisotopic (exact) mass is 402 g/mol. The zero-order valence-electron chi connectivity index (χ0n) is 16.4. The van der Waals surface area contributed by atoms with E-state index in [-0.39, 0.29) is 10.8 Å². The van der Waals surface area contributed by atoms with Gasteiger partial charge in [0, 0.05) is 18.8 Å². The summed E-state index contributed by atoms with van der Waals surface area (Å²) in [6.45, 7) is 6.69. The molecule has 28 heavy (non-hydrogen) atoms. The smallest absolute Gasteiger partial charge is 0.265 e. The molecule has 1 atom stereocenters. The number of aryl methyl sites for hydroxylation is 2. The van der Waals surface area contributed by atoms with Gasteiger partial charge >= 0.3 is 0 Å². The summed E-state index contributed by atoms with van der Waals surface area (Å²) in [5.74, 6) is 0.412. The van der Waals surface area contributed by atoms with Crippen molar-refractivity contribution < 1.29 is 17.9 Å². The van der Waals surface area contributed by atoms with Crippen LogP contribution in [0.4, 0.5) is 5.69 Å². The van der Waals surface area contributed by atoms with Crippen molar-refractivity contribution in [3.8, 4) is 5.75 Å². The fourth-order valence-electron chi connectivity index (χ4n) is 3.25. The normalized spacial score (nSPS) is 16.0. The Morgan fingerprint density at radius 3 is 2.18 bits per heavy atom. The predicted octanol–water partition coefficient (Wildman–Crippen LogP) is 3.49. The van der Waals surface area contributed by atoms with Crippen LogP contribution in [0, 0.1) is 13.8 Å². The molecule has 0 radical (unpaired) electrons. The Labute approximate surface area is 166 Å². The molecule has 1 aliphatic rings. The summed E-state index contributed by atoms with van der Waals surface area (Å²) in [6, 6.07) is 12.1. The number of amides is 1. The number of ether oxygens (including phenoxy) is 1. The molecule has 150 valence electrons. The highest BCUT2D eigenvalue weighted by atomic mass is 32.2. The lowest BCUT2D eigenvalue weighted by molar-refractivity contribution is -0.122. The fraction of sp³-hybridized carbons (Fsp3) is 0.381. The van der Waals surface area contributed by atoms with Crippen molar-refractivity contribution in [1.29, 1.82) is 0 Å². The number of benzene rings is 2. The Morgan fingerprint density at radius 2 is 1.61 bits per heavy atom. The SMILES string of the molecule is Cc1cccc(C)c1O[C@H](C)C(=O)Nc1ccc(S(=O)(=O)N2CCCC2)cc1. The second-order valence-corrected chi connectivity index (χ2v) is 9.04. The first-order chi connectivity index (χ1) is 13.3. The molecule has 1 N–H and O–H groups in total. The number of nitrogens with one attached hydrogen (secondary N) is 1. The lowest BCUT2D eigenvalue weighted by Gasteiger charge is -2.18.